The molecule has 0 aliphatic rings. The van der Waals surface area contributed by atoms with Gasteiger partial charge in [-0.25, -0.2) is 0 Å². The summed E-state index contributed by atoms with van der Waals surface area (Å²) < 4.78 is 0. The van der Waals surface area contributed by atoms with Crippen molar-refractivity contribution in [2.24, 2.45) is 0 Å². The first-order valence-electron chi connectivity index (χ1n) is 7.33. The summed E-state index contributed by atoms with van der Waals surface area (Å²) in [5.74, 6) is 0. The van der Waals surface area contributed by atoms with Crippen molar-refractivity contribution in [3.8, 4) is 6.07 Å². The van der Waals surface area contributed by atoms with E-state index in [1.54, 1.807) is 12.1 Å². The van der Waals surface area contributed by atoms with Gasteiger partial charge < -0.3 is 5.11 Å². The molecular formula is C17H25NO. The minimum absolute atomic E-state index is 0.638. The third-order valence-corrected chi connectivity index (χ3v) is 3.65. The number of benzene rings is 1. The van der Waals surface area contributed by atoms with Crippen molar-refractivity contribution in [3.63, 3.8) is 0 Å². The fourth-order valence-corrected chi connectivity index (χ4v) is 2.30. The number of aliphatic hydroxyl groups is 1. The summed E-state index contributed by atoms with van der Waals surface area (Å²) in [4.78, 5) is 0. The maximum atomic E-state index is 10.5. The summed E-state index contributed by atoms with van der Waals surface area (Å²) in [6, 6.07) is 9.35. The summed E-state index contributed by atoms with van der Waals surface area (Å²) in [6.45, 7) is 4.08. The fourth-order valence-electron chi connectivity index (χ4n) is 2.30. The molecule has 1 N–H and O–H groups in total. The van der Waals surface area contributed by atoms with Crippen LogP contribution < -0.4 is 0 Å². The van der Waals surface area contributed by atoms with Gasteiger partial charge in [-0.2, -0.15) is 5.26 Å². The first kappa shape index (κ1) is 15.7. The molecule has 0 aromatic heterocycles. The van der Waals surface area contributed by atoms with Gasteiger partial charge >= 0.3 is 0 Å². The summed E-state index contributed by atoms with van der Waals surface area (Å²) >= 11 is 0. The van der Waals surface area contributed by atoms with Crippen molar-refractivity contribution in [3.05, 3.63) is 35.4 Å². The standard InChI is InChI=1S/C17H25NO/c1-3-4-5-6-7-8-13-17(2,19)16-11-9-15(14-18)10-12-16/h9-12,19H,3-8,13H2,1-2H3. The molecule has 0 saturated carbocycles. The quantitative estimate of drug-likeness (QED) is 0.698. The summed E-state index contributed by atoms with van der Waals surface area (Å²) in [6.07, 6.45) is 8.16. The number of hydrogen-bond donors (Lipinski definition) is 1. The van der Waals surface area contributed by atoms with Gasteiger partial charge in [0, 0.05) is 0 Å². The Morgan fingerprint density at radius 3 is 2.21 bits per heavy atom. The van der Waals surface area contributed by atoms with Crippen LogP contribution in [0.25, 0.3) is 0 Å². The van der Waals surface area contributed by atoms with Gasteiger partial charge in [0.15, 0.2) is 0 Å². The van der Waals surface area contributed by atoms with Gasteiger partial charge in [0.05, 0.1) is 17.2 Å². The van der Waals surface area contributed by atoms with Crippen LogP contribution in [0.15, 0.2) is 24.3 Å². The molecule has 2 heteroatoms. The van der Waals surface area contributed by atoms with Crippen molar-refractivity contribution in [2.45, 2.75) is 64.4 Å². The molecule has 0 bridgehead atoms. The average Bonchev–Trinajstić information content (AvgIpc) is 2.43. The fraction of sp³-hybridized carbons (Fsp3) is 0.588. The number of unbranched alkanes of at least 4 members (excludes halogenated alkanes) is 5. The third-order valence-electron chi connectivity index (χ3n) is 3.65. The summed E-state index contributed by atoms with van der Waals surface area (Å²) in [5.41, 5.74) is 0.762. The van der Waals surface area contributed by atoms with Gasteiger partial charge in [0.1, 0.15) is 0 Å². The van der Waals surface area contributed by atoms with Gasteiger partial charge in [-0.15, -0.1) is 0 Å². The Kier molecular flexibility index (Phi) is 6.59. The SMILES string of the molecule is CCCCCCCCC(C)(O)c1ccc(C#N)cc1. The molecule has 104 valence electrons. The Bertz CT molecular complexity index is 400. The van der Waals surface area contributed by atoms with Crippen molar-refractivity contribution in [2.75, 3.05) is 0 Å². The third kappa shape index (κ3) is 5.44. The van der Waals surface area contributed by atoms with E-state index in [0.29, 0.717) is 5.56 Å². The van der Waals surface area contributed by atoms with Crippen molar-refractivity contribution < 1.29 is 5.11 Å². The Morgan fingerprint density at radius 2 is 1.63 bits per heavy atom. The van der Waals surface area contributed by atoms with Gasteiger partial charge in [0.2, 0.25) is 0 Å². The van der Waals surface area contributed by atoms with E-state index in [4.69, 9.17) is 5.26 Å². The molecule has 1 aromatic rings. The maximum Gasteiger partial charge on any atom is 0.0991 e. The molecule has 1 atom stereocenters. The largest absolute Gasteiger partial charge is 0.385 e. The first-order chi connectivity index (χ1) is 9.10. The summed E-state index contributed by atoms with van der Waals surface area (Å²) in [5, 5.41) is 19.2. The van der Waals surface area contributed by atoms with Gasteiger partial charge in [-0.1, -0.05) is 57.6 Å². The second-order valence-electron chi connectivity index (χ2n) is 5.48. The minimum Gasteiger partial charge on any atom is -0.385 e. The molecule has 0 radical (unpaired) electrons. The molecule has 0 amide bonds. The highest BCUT2D eigenvalue weighted by Gasteiger charge is 2.22. The van der Waals surface area contributed by atoms with Crippen molar-refractivity contribution in [1.29, 1.82) is 5.26 Å². The molecule has 0 heterocycles. The number of nitrogens with zero attached hydrogens (tertiary/aromatic N) is 1. The lowest BCUT2D eigenvalue weighted by Gasteiger charge is -2.24. The zero-order valence-electron chi connectivity index (χ0n) is 12.2. The normalized spacial score (nSPS) is 13.8. The highest BCUT2D eigenvalue weighted by Crippen LogP contribution is 2.27. The molecular weight excluding hydrogens is 234 g/mol. The number of hydrogen-bond acceptors (Lipinski definition) is 2. The Labute approximate surface area is 117 Å². The molecule has 1 rings (SSSR count). The monoisotopic (exact) mass is 259 g/mol. The molecule has 0 spiro atoms. The van der Waals surface area contributed by atoms with E-state index in [9.17, 15) is 5.11 Å². The van der Waals surface area contributed by atoms with Gasteiger partial charge in [0.25, 0.3) is 0 Å². The molecule has 0 aliphatic heterocycles. The molecule has 2 nitrogen and oxygen atoms in total. The van der Waals surface area contributed by atoms with Crippen LogP contribution in [-0.4, -0.2) is 5.11 Å². The molecule has 1 unspecified atom stereocenters. The Hall–Kier alpha value is -1.33. The van der Waals surface area contributed by atoms with E-state index in [1.165, 1.54) is 32.1 Å². The van der Waals surface area contributed by atoms with Crippen LogP contribution in [0.4, 0.5) is 0 Å². The molecule has 0 saturated heterocycles. The van der Waals surface area contributed by atoms with E-state index in [2.05, 4.69) is 13.0 Å². The molecule has 0 aliphatic carbocycles. The van der Waals surface area contributed by atoms with Crippen LogP contribution in [0.2, 0.25) is 0 Å². The van der Waals surface area contributed by atoms with E-state index in [0.717, 1.165) is 18.4 Å². The highest BCUT2D eigenvalue weighted by molar-refractivity contribution is 5.33. The van der Waals surface area contributed by atoms with Crippen LogP contribution in [-0.2, 0) is 5.60 Å². The van der Waals surface area contributed by atoms with Gasteiger partial charge in [-0.3, -0.25) is 0 Å². The second kappa shape index (κ2) is 7.96. The predicted octanol–water partition coefficient (Wildman–Crippen LogP) is 4.52. The van der Waals surface area contributed by atoms with Crippen molar-refractivity contribution in [1.82, 2.24) is 0 Å². The first-order valence-corrected chi connectivity index (χ1v) is 7.33. The molecule has 1 aromatic carbocycles. The molecule has 19 heavy (non-hydrogen) atoms. The average molecular weight is 259 g/mol. The van der Waals surface area contributed by atoms with Crippen LogP contribution in [0.5, 0.6) is 0 Å². The lowest BCUT2D eigenvalue weighted by Crippen LogP contribution is -2.20. The van der Waals surface area contributed by atoms with E-state index >= 15 is 0 Å². The van der Waals surface area contributed by atoms with Crippen LogP contribution in [0.3, 0.4) is 0 Å². The second-order valence-corrected chi connectivity index (χ2v) is 5.48. The van der Waals surface area contributed by atoms with Crippen LogP contribution in [0.1, 0.15) is 69.9 Å². The van der Waals surface area contributed by atoms with Gasteiger partial charge in [-0.05, 0) is 31.0 Å². The highest BCUT2D eigenvalue weighted by atomic mass is 16.3. The lowest BCUT2D eigenvalue weighted by molar-refractivity contribution is 0.0448. The number of nitriles is 1. The van der Waals surface area contributed by atoms with E-state index in [-0.39, 0.29) is 0 Å². The van der Waals surface area contributed by atoms with Crippen LogP contribution in [0, 0.1) is 11.3 Å². The Balaban J connectivity index is 2.40. The smallest absolute Gasteiger partial charge is 0.0991 e. The number of rotatable bonds is 8. The molecule has 0 fully saturated rings. The van der Waals surface area contributed by atoms with Crippen LogP contribution >= 0.6 is 0 Å². The lowest BCUT2D eigenvalue weighted by atomic mass is 9.89. The Morgan fingerprint density at radius 1 is 1.05 bits per heavy atom. The van der Waals surface area contributed by atoms with E-state index < -0.39 is 5.60 Å². The topological polar surface area (TPSA) is 44.0 Å². The minimum atomic E-state index is -0.779. The van der Waals surface area contributed by atoms with Crippen molar-refractivity contribution >= 4 is 0 Å². The summed E-state index contributed by atoms with van der Waals surface area (Å²) in [7, 11) is 0. The predicted molar refractivity (Wildman–Crippen MR) is 78.7 cm³/mol. The zero-order valence-corrected chi connectivity index (χ0v) is 12.2. The zero-order chi connectivity index (χ0) is 14.1. The van der Waals surface area contributed by atoms with E-state index in [1.807, 2.05) is 19.1 Å². The maximum absolute atomic E-state index is 10.5.